The molecule has 7 heteroatoms. The quantitative estimate of drug-likeness (QED) is 0.843. The Labute approximate surface area is 119 Å². The molecule has 1 aromatic carbocycles. The van der Waals surface area contributed by atoms with Crippen LogP contribution in [0.15, 0.2) is 24.3 Å². The number of rotatable bonds is 2. The van der Waals surface area contributed by atoms with Crippen LogP contribution >= 0.6 is 0 Å². The van der Waals surface area contributed by atoms with E-state index < -0.39 is 6.36 Å². The monoisotopic (exact) mass is 301 g/mol. The molecule has 2 bridgehead atoms. The maximum atomic E-state index is 12.5. The summed E-state index contributed by atoms with van der Waals surface area (Å²) < 4.78 is 45.5. The smallest absolute Gasteiger partial charge is 0.406 e. The van der Waals surface area contributed by atoms with E-state index in [1.54, 1.807) is 4.90 Å². The summed E-state index contributed by atoms with van der Waals surface area (Å²) in [7, 11) is 0. The average Bonchev–Trinajstić information content (AvgIpc) is 2.66. The topological polar surface area (TPSA) is 38.8 Å². The van der Waals surface area contributed by atoms with Gasteiger partial charge in [0, 0.05) is 5.56 Å². The average molecular weight is 301 g/mol. The molecule has 0 unspecified atom stereocenters. The first kappa shape index (κ1) is 14.2. The van der Waals surface area contributed by atoms with Crippen LogP contribution in [0.5, 0.6) is 5.75 Å². The number of benzene rings is 1. The van der Waals surface area contributed by atoms with Crippen LogP contribution < -0.4 is 4.74 Å². The van der Waals surface area contributed by atoms with Crippen LogP contribution in [-0.4, -0.2) is 42.5 Å². The van der Waals surface area contributed by atoms with Gasteiger partial charge in [-0.2, -0.15) is 0 Å². The number of carbonyl (C=O) groups is 1. The lowest BCUT2D eigenvalue weighted by atomic mass is 10.1. The van der Waals surface area contributed by atoms with Crippen LogP contribution in [0.25, 0.3) is 0 Å². The normalized spacial score (nSPS) is 25.0. The highest BCUT2D eigenvalue weighted by atomic mass is 19.4. The summed E-state index contributed by atoms with van der Waals surface area (Å²) in [6.07, 6.45) is -2.91. The van der Waals surface area contributed by atoms with Crippen molar-refractivity contribution in [1.29, 1.82) is 0 Å². The van der Waals surface area contributed by atoms with E-state index in [2.05, 4.69) is 4.74 Å². The Morgan fingerprint density at radius 3 is 2.24 bits per heavy atom. The third kappa shape index (κ3) is 2.97. The fraction of sp³-hybridized carbons (Fsp3) is 0.500. The molecule has 2 aliphatic heterocycles. The molecular weight excluding hydrogens is 287 g/mol. The van der Waals surface area contributed by atoms with E-state index in [1.165, 1.54) is 12.1 Å². The first-order valence-corrected chi connectivity index (χ1v) is 6.70. The van der Waals surface area contributed by atoms with Gasteiger partial charge in [-0.1, -0.05) is 0 Å². The zero-order valence-corrected chi connectivity index (χ0v) is 11.1. The molecule has 0 aromatic heterocycles. The van der Waals surface area contributed by atoms with Crippen LogP contribution in [0, 0.1) is 0 Å². The fourth-order valence-electron chi connectivity index (χ4n) is 2.91. The van der Waals surface area contributed by atoms with Crippen molar-refractivity contribution in [3.8, 4) is 5.75 Å². The first-order valence-electron chi connectivity index (χ1n) is 6.70. The molecule has 0 N–H and O–H groups in total. The van der Waals surface area contributed by atoms with Gasteiger partial charge in [-0.25, -0.2) is 0 Å². The van der Waals surface area contributed by atoms with Gasteiger partial charge in [0.1, 0.15) is 5.75 Å². The molecule has 0 aliphatic carbocycles. The van der Waals surface area contributed by atoms with Crippen molar-refractivity contribution in [2.45, 2.75) is 31.3 Å². The van der Waals surface area contributed by atoms with Gasteiger partial charge in [-0.15, -0.1) is 13.2 Å². The molecule has 2 saturated heterocycles. The summed E-state index contributed by atoms with van der Waals surface area (Å²) >= 11 is 0. The van der Waals surface area contributed by atoms with E-state index >= 15 is 0 Å². The number of morpholine rings is 1. The summed E-state index contributed by atoms with van der Waals surface area (Å²) in [5, 5.41) is 0. The second-order valence-electron chi connectivity index (χ2n) is 5.21. The number of hydrogen-bond acceptors (Lipinski definition) is 3. The molecule has 4 nitrogen and oxygen atoms in total. The van der Waals surface area contributed by atoms with Crippen LogP contribution in [-0.2, 0) is 4.74 Å². The molecule has 1 aromatic rings. The molecule has 0 radical (unpaired) electrons. The van der Waals surface area contributed by atoms with Crippen LogP contribution in [0.3, 0.4) is 0 Å². The second kappa shape index (κ2) is 5.22. The molecule has 21 heavy (non-hydrogen) atoms. The van der Waals surface area contributed by atoms with Crippen molar-refractivity contribution < 1.29 is 27.4 Å². The standard InChI is InChI=1S/C14H14F3NO3/c15-14(16,17)21-12-5-1-9(2-6-12)13(19)18-10-3-4-11(18)8-20-7-10/h1-2,5-6,10-11H,3-4,7-8H2/t10-,11-/m0/s1. The van der Waals surface area contributed by atoms with Crippen LogP contribution in [0.4, 0.5) is 13.2 Å². The number of alkyl halides is 3. The molecule has 2 atom stereocenters. The Hall–Kier alpha value is -1.76. The SMILES string of the molecule is O=C(c1ccc(OC(F)(F)F)cc1)N1[C@H]2CC[C@H]1COC2. The molecule has 114 valence electrons. The first-order chi connectivity index (χ1) is 9.94. The van der Waals surface area contributed by atoms with Crippen molar-refractivity contribution in [1.82, 2.24) is 4.90 Å². The van der Waals surface area contributed by atoms with Gasteiger partial charge < -0.3 is 14.4 Å². The van der Waals surface area contributed by atoms with Crippen LogP contribution in [0.1, 0.15) is 23.2 Å². The minimum atomic E-state index is -4.73. The number of carbonyl (C=O) groups excluding carboxylic acids is 1. The summed E-state index contributed by atoms with van der Waals surface area (Å²) in [5.41, 5.74) is 0.364. The molecule has 2 heterocycles. The molecule has 1 amide bonds. The molecular formula is C14H14F3NO3. The molecule has 0 saturated carbocycles. The lowest BCUT2D eigenvalue weighted by Gasteiger charge is -2.34. The predicted molar refractivity (Wildman–Crippen MR) is 66.9 cm³/mol. The highest BCUT2D eigenvalue weighted by Gasteiger charge is 2.40. The number of halogens is 3. The Morgan fingerprint density at radius 2 is 1.71 bits per heavy atom. The zero-order chi connectivity index (χ0) is 15.0. The highest BCUT2D eigenvalue weighted by molar-refractivity contribution is 5.95. The fourth-order valence-corrected chi connectivity index (χ4v) is 2.91. The van der Waals surface area contributed by atoms with Gasteiger partial charge >= 0.3 is 6.36 Å². The molecule has 0 spiro atoms. The molecule has 2 aliphatic rings. The largest absolute Gasteiger partial charge is 0.573 e. The van der Waals surface area contributed by atoms with E-state index in [4.69, 9.17) is 4.74 Å². The minimum Gasteiger partial charge on any atom is -0.406 e. The van der Waals surface area contributed by atoms with Gasteiger partial charge in [-0.3, -0.25) is 4.79 Å². The number of ether oxygens (including phenoxy) is 2. The van der Waals surface area contributed by atoms with Crippen LogP contribution in [0.2, 0.25) is 0 Å². The third-order valence-corrected chi connectivity index (χ3v) is 3.81. The van der Waals surface area contributed by atoms with Gasteiger partial charge in [-0.05, 0) is 37.1 Å². The Balaban J connectivity index is 1.73. The zero-order valence-electron chi connectivity index (χ0n) is 11.1. The van der Waals surface area contributed by atoms with Gasteiger partial charge in [0.2, 0.25) is 0 Å². The lowest BCUT2D eigenvalue weighted by Crippen LogP contribution is -2.49. The Kier molecular flexibility index (Phi) is 3.52. The van der Waals surface area contributed by atoms with E-state index in [0.29, 0.717) is 18.8 Å². The summed E-state index contributed by atoms with van der Waals surface area (Å²) in [5.74, 6) is -0.492. The van der Waals surface area contributed by atoms with Crippen molar-refractivity contribution in [3.63, 3.8) is 0 Å². The number of amides is 1. The van der Waals surface area contributed by atoms with Gasteiger partial charge in [0.05, 0.1) is 25.3 Å². The molecule has 3 rings (SSSR count). The van der Waals surface area contributed by atoms with Crippen molar-refractivity contribution in [2.75, 3.05) is 13.2 Å². The Morgan fingerprint density at radius 1 is 1.14 bits per heavy atom. The number of fused-ring (bicyclic) bond motifs is 2. The number of hydrogen-bond donors (Lipinski definition) is 0. The van der Waals surface area contributed by atoms with E-state index in [-0.39, 0.29) is 23.7 Å². The van der Waals surface area contributed by atoms with Crippen molar-refractivity contribution >= 4 is 5.91 Å². The maximum absolute atomic E-state index is 12.5. The van der Waals surface area contributed by atoms with Gasteiger partial charge in [0.25, 0.3) is 5.91 Å². The third-order valence-electron chi connectivity index (χ3n) is 3.81. The maximum Gasteiger partial charge on any atom is 0.573 e. The summed E-state index contributed by atoms with van der Waals surface area (Å²) in [6, 6.07) is 5.17. The van der Waals surface area contributed by atoms with E-state index in [9.17, 15) is 18.0 Å². The minimum absolute atomic E-state index is 0.0716. The number of nitrogens with zero attached hydrogens (tertiary/aromatic N) is 1. The summed E-state index contributed by atoms with van der Waals surface area (Å²) in [6.45, 7) is 1.05. The molecule has 2 fully saturated rings. The van der Waals surface area contributed by atoms with Crippen molar-refractivity contribution in [3.05, 3.63) is 29.8 Å². The Bertz CT molecular complexity index is 513. The van der Waals surface area contributed by atoms with Crippen molar-refractivity contribution in [2.24, 2.45) is 0 Å². The second-order valence-corrected chi connectivity index (χ2v) is 5.21. The predicted octanol–water partition coefficient (Wildman–Crippen LogP) is 2.59. The van der Waals surface area contributed by atoms with E-state index in [0.717, 1.165) is 25.0 Å². The highest BCUT2D eigenvalue weighted by Crippen LogP contribution is 2.31. The summed E-state index contributed by atoms with van der Waals surface area (Å²) in [4.78, 5) is 14.3. The lowest BCUT2D eigenvalue weighted by molar-refractivity contribution is -0.274. The van der Waals surface area contributed by atoms with E-state index in [1.807, 2.05) is 0 Å². The van der Waals surface area contributed by atoms with Gasteiger partial charge in [0.15, 0.2) is 0 Å².